The van der Waals surface area contributed by atoms with Gasteiger partial charge in [0.05, 0.1) is 23.1 Å². The number of carbonyl (C=O) groups excluding carboxylic acids is 4. The number of carbonyl (C=O) groups is 4. The Morgan fingerprint density at radius 3 is 2.00 bits per heavy atom. The summed E-state index contributed by atoms with van der Waals surface area (Å²) in [7, 11) is 0. The monoisotopic (exact) mass is 437 g/mol. The summed E-state index contributed by atoms with van der Waals surface area (Å²) in [4.78, 5) is 51.5. The number of amides is 2. The summed E-state index contributed by atoms with van der Waals surface area (Å²) in [5, 5.41) is 0.514. The van der Waals surface area contributed by atoms with Crippen LogP contribution in [0.4, 0.5) is 5.69 Å². The number of hydrogen-bond acceptors (Lipinski definition) is 5. The van der Waals surface area contributed by atoms with Gasteiger partial charge in [-0.05, 0) is 79.6 Å². The molecule has 2 aromatic carbocycles. The van der Waals surface area contributed by atoms with Crippen LogP contribution < -0.4 is 4.90 Å². The Kier molecular flexibility index (Phi) is 4.89. The molecule has 3 fully saturated rings. The molecule has 158 valence electrons. The first-order chi connectivity index (χ1) is 14.9. The van der Waals surface area contributed by atoms with E-state index in [-0.39, 0.29) is 35.0 Å². The zero-order valence-electron chi connectivity index (χ0n) is 16.6. The van der Waals surface area contributed by atoms with Crippen LogP contribution in [0.5, 0.6) is 0 Å². The molecule has 4 atom stereocenters. The minimum atomic E-state index is -0.650. The van der Waals surface area contributed by atoms with Crippen molar-refractivity contribution < 1.29 is 23.9 Å². The molecule has 2 bridgehead atoms. The molecule has 0 spiro atoms. The van der Waals surface area contributed by atoms with E-state index in [1.165, 1.54) is 17.0 Å². The molecule has 0 radical (unpaired) electrons. The quantitative estimate of drug-likeness (QED) is 0.402. The maximum atomic E-state index is 12.9. The van der Waals surface area contributed by atoms with Crippen molar-refractivity contribution in [3.63, 3.8) is 0 Å². The molecule has 31 heavy (non-hydrogen) atoms. The Morgan fingerprint density at radius 2 is 1.42 bits per heavy atom. The first-order valence-corrected chi connectivity index (χ1v) is 10.8. The number of Topliss-reactive ketones (excluding diaryl/α,β-unsaturated/α-hetero) is 1. The van der Waals surface area contributed by atoms with E-state index >= 15 is 0 Å². The second-order valence-corrected chi connectivity index (χ2v) is 8.89. The molecule has 0 unspecified atom stereocenters. The van der Waals surface area contributed by atoms with Gasteiger partial charge in [0.1, 0.15) is 0 Å². The molecular weight excluding hydrogens is 418 g/mol. The predicted molar refractivity (Wildman–Crippen MR) is 113 cm³/mol. The highest BCUT2D eigenvalue weighted by atomic mass is 35.5. The van der Waals surface area contributed by atoms with E-state index in [4.69, 9.17) is 16.3 Å². The molecule has 2 aliphatic carbocycles. The van der Waals surface area contributed by atoms with E-state index in [1.807, 2.05) is 0 Å². The summed E-state index contributed by atoms with van der Waals surface area (Å²) >= 11 is 5.80. The molecule has 0 N–H and O–H groups in total. The molecule has 1 aliphatic heterocycles. The van der Waals surface area contributed by atoms with Gasteiger partial charge in [-0.3, -0.25) is 19.3 Å². The lowest BCUT2D eigenvalue weighted by molar-refractivity contribution is -0.123. The van der Waals surface area contributed by atoms with E-state index in [2.05, 4.69) is 0 Å². The molecule has 0 aromatic heterocycles. The Morgan fingerprint density at radius 1 is 0.871 bits per heavy atom. The van der Waals surface area contributed by atoms with Crippen LogP contribution >= 0.6 is 11.6 Å². The van der Waals surface area contributed by atoms with Gasteiger partial charge in [0.2, 0.25) is 11.8 Å². The van der Waals surface area contributed by atoms with E-state index in [9.17, 15) is 19.2 Å². The molecule has 1 saturated heterocycles. The number of imide groups is 1. The van der Waals surface area contributed by atoms with Crippen LogP contribution in [-0.4, -0.2) is 30.2 Å². The molecule has 6 nitrogen and oxygen atoms in total. The molecule has 3 aliphatic rings. The topological polar surface area (TPSA) is 80.8 Å². The number of anilines is 1. The van der Waals surface area contributed by atoms with Crippen molar-refractivity contribution in [1.29, 1.82) is 0 Å². The Balaban J connectivity index is 1.24. The highest BCUT2D eigenvalue weighted by Gasteiger charge is 2.61. The van der Waals surface area contributed by atoms with Gasteiger partial charge < -0.3 is 4.74 Å². The van der Waals surface area contributed by atoms with Crippen molar-refractivity contribution in [2.45, 2.75) is 19.3 Å². The van der Waals surface area contributed by atoms with Crippen molar-refractivity contribution in [3.05, 3.63) is 64.7 Å². The molecule has 2 amide bonds. The van der Waals surface area contributed by atoms with Crippen LogP contribution in [0.25, 0.3) is 0 Å². The van der Waals surface area contributed by atoms with E-state index in [1.54, 1.807) is 36.4 Å². The van der Waals surface area contributed by atoms with Crippen molar-refractivity contribution >= 4 is 40.9 Å². The van der Waals surface area contributed by atoms with Gasteiger partial charge in [0.25, 0.3) is 0 Å². The van der Waals surface area contributed by atoms with Crippen LogP contribution in [0, 0.1) is 23.7 Å². The summed E-state index contributed by atoms with van der Waals surface area (Å²) in [6.07, 6.45) is 3.04. The highest BCUT2D eigenvalue weighted by Crippen LogP contribution is 2.56. The third kappa shape index (κ3) is 3.35. The van der Waals surface area contributed by atoms with Gasteiger partial charge in [-0.15, -0.1) is 0 Å². The van der Waals surface area contributed by atoms with E-state index in [0.717, 1.165) is 19.3 Å². The lowest BCUT2D eigenvalue weighted by Gasteiger charge is -2.19. The lowest BCUT2D eigenvalue weighted by Crippen LogP contribution is -2.32. The standard InChI is InChI=1S/C24H20ClNO5/c25-17-7-3-13(4-8-17)19(27)12-31-24(30)14-5-9-18(10-6-14)26-22(28)20-15-1-2-16(11-15)21(20)23(26)29/h3-10,15-16,20-21H,1-2,11-12H2/t15-,16-,20-,21-/m0/s1. The molecular formula is C24H20ClNO5. The maximum absolute atomic E-state index is 12.9. The van der Waals surface area contributed by atoms with Gasteiger partial charge in [-0.25, -0.2) is 4.79 Å². The molecule has 2 aromatic rings. The number of ketones is 1. The Hall–Kier alpha value is -2.99. The highest BCUT2D eigenvalue weighted by molar-refractivity contribution is 6.30. The van der Waals surface area contributed by atoms with Gasteiger partial charge in [-0.1, -0.05) is 11.6 Å². The smallest absolute Gasteiger partial charge is 0.338 e. The average molecular weight is 438 g/mol. The average Bonchev–Trinajstić information content (AvgIpc) is 3.46. The number of halogens is 1. The summed E-state index contributed by atoms with van der Waals surface area (Å²) in [6, 6.07) is 12.5. The minimum absolute atomic E-state index is 0.119. The molecule has 5 rings (SSSR count). The fraction of sp³-hybridized carbons (Fsp3) is 0.333. The van der Waals surface area contributed by atoms with Crippen LogP contribution in [0.3, 0.4) is 0 Å². The lowest BCUT2D eigenvalue weighted by atomic mass is 9.81. The zero-order chi connectivity index (χ0) is 21.7. The van der Waals surface area contributed by atoms with Crippen molar-refractivity contribution in [2.75, 3.05) is 11.5 Å². The first kappa shape index (κ1) is 19.9. The maximum Gasteiger partial charge on any atom is 0.338 e. The number of ether oxygens (including phenoxy) is 1. The number of fused-ring (bicyclic) bond motifs is 5. The van der Waals surface area contributed by atoms with Crippen LogP contribution in [-0.2, 0) is 14.3 Å². The Bertz CT molecular complexity index is 1050. The number of esters is 1. The summed E-state index contributed by atoms with van der Waals surface area (Å²) in [5.74, 6) is -0.951. The van der Waals surface area contributed by atoms with Gasteiger partial charge in [0, 0.05) is 10.6 Å². The number of benzene rings is 2. The number of rotatable bonds is 5. The normalized spacial score (nSPS) is 26.3. The largest absolute Gasteiger partial charge is 0.454 e. The van der Waals surface area contributed by atoms with E-state index < -0.39 is 12.6 Å². The fourth-order valence-electron chi connectivity index (χ4n) is 5.34. The Labute approximate surface area is 184 Å². The van der Waals surface area contributed by atoms with Crippen molar-refractivity contribution in [3.8, 4) is 0 Å². The van der Waals surface area contributed by atoms with E-state index in [0.29, 0.717) is 28.1 Å². The van der Waals surface area contributed by atoms with Crippen LogP contribution in [0.15, 0.2) is 48.5 Å². The third-order valence-corrected chi connectivity index (χ3v) is 7.04. The molecule has 7 heteroatoms. The second kappa shape index (κ2) is 7.61. The van der Waals surface area contributed by atoms with Crippen LogP contribution in [0.1, 0.15) is 40.0 Å². The fourth-order valence-corrected chi connectivity index (χ4v) is 5.47. The van der Waals surface area contributed by atoms with Crippen LogP contribution in [0.2, 0.25) is 5.02 Å². The van der Waals surface area contributed by atoms with Gasteiger partial charge in [0.15, 0.2) is 12.4 Å². The minimum Gasteiger partial charge on any atom is -0.454 e. The number of hydrogen-bond donors (Lipinski definition) is 0. The third-order valence-electron chi connectivity index (χ3n) is 6.79. The van der Waals surface area contributed by atoms with Crippen molar-refractivity contribution in [2.24, 2.45) is 23.7 Å². The summed E-state index contributed by atoms with van der Waals surface area (Å²) < 4.78 is 5.11. The molecule has 2 saturated carbocycles. The SMILES string of the molecule is O=C(COC(=O)c1ccc(N2C(=O)[C@H]3[C@H]4CC[C@@H](C4)[C@@H]3C2=O)cc1)c1ccc(Cl)cc1. The van der Waals surface area contributed by atoms with Crippen molar-refractivity contribution in [1.82, 2.24) is 0 Å². The predicted octanol–water partition coefficient (Wildman–Crippen LogP) is 3.92. The zero-order valence-corrected chi connectivity index (χ0v) is 17.4. The molecule has 1 heterocycles. The second-order valence-electron chi connectivity index (χ2n) is 8.45. The summed E-state index contributed by atoms with van der Waals surface area (Å²) in [5.41, 5.74) is 1.11. The summed E-state index contributed by atoms with van der Waals surface area (Å²) in [6.45, 7) is -0.391. The van der Waals surface area contributed by atoms with Gasteiger partial charge in [-0.2, -0.15) is 0 Å². The number of nitrogens with zero attached hydrogens (tertiary/aromatic N) is 1. The van der Waals surface area contributed by atoms with Gasteiger partial charge >= 0.3 is 5.97 Å². The first-order valence-electron chi connectivity index (χ1n) is 10.4.